The molecule has 0 aliphatic heterocycles. The molecular weight excluding hydrogens is 422 g/mol. The van der Waals surface area contributed by atoms with Crippen LogP contribution in [0.5, 0.6) is 5.75 Å². The quantitative estimate of drug-likeness (QED) is 0.626. The van der Waals surface area contributed by atoms with E-state index in [1.807, 2.05) is 56.3 Å². The molecule has 7 heteroatoms. The van der Waals surface area contributed by atoms with Crippen molar-refractivity contribution in [1.29, 1.82) is 0 Å². The van der Waals surface area contributed by atoms with E-state index in [4.69, 9.17) is 4.74 Å². The summed E-state index contributed by atoms with van der Waals surface area (Å²) in [6.07, 6.45) is 0. The van der Waals surface area contributed by atoms with Crippen molar-refractivity contribution in [2.45, 2.75) is 20.4 Å². The average Bonchev–Trinajstić information content (AvgIpc) is 2.67. The summed E-state index contributed by atoms with van der Waals surface area (Å²) in [6, 6.07) is 16.1. The molecule has 0 bridgehead atoms. The molecule has 0 radical (unpaired) electrons. The van der Waals surface area contributed by atoms with Crippen molar-refractivity contribution in [2.24, 2.45) is 0 Å². The van der Waals surface area contributed by atoms with Gasteiger partial charge in [0.2, 0.25) is 5.91 Å². The van der Waals surface area contributed by atoms with Crippen molar-refractivity contribution in [3.8, 4) is 17.0 Å². The van der Waals surface area contributed by atoms with Crippen LogP contribution in [0.15, 0.2) is 63.9 Å². The number of carbonyl (C=O) groups excluding carboxylic acids is 1. The highest BCUT2D eigenvalue weighted by molar-refractivity contribution is 9.10. The number of nitrogens with one attached hydrogen (secondary N) is 1. The van der Waals surface area contributed by atoms with E-state index in [1.54, 1.807) is 6.07 Å². The maximum Gasteiger partial charge on any atom is 0.267 e. The van der Waals surface area contributed by atoms with Gasteiger partial charge in [-0.15, -0.1) is 0 Å². The summed E-state index contributed by atoms with van der Waals surface area (Å²) in [5.74, 6) is 0.452. The number of aryl methyl sites for hydroxylation is 1. The minimum atomic E-state index is -0.336. The molecule has 3 aromatic rings. The van der Waals surface area contributed by atoms with Gasteiger partial charge in [-0.1, -0.05) is 15.9 Å². The van der Waals surface area contributed by atoms with Crippen LogP contribution < -0.4 is 15.6 Å². The second-order valence-corrected chi connectivity index (χ2v) is 7.09. The third-order valence-electron chi connectivity index (χ3n) is 4.08. The zero-order valence-corrected chi connectivity index (χ0v) is 17.2. The molecule has 0 saturated carbocycles. The van der Waals surface area contributed by atoms with E-state index in [9.17, 15) is 9.59 Å². The highest BCUT2D eigenvalue weighted by atomic mass is 79.9. The van der Waals surface area contributed by atoms with Gasteiger partial charge in [0.1, 0.15) is 12.3 Å². The number of amides is 1. The predicted molar refractivity (Wildman–Crippen MR) is 113 cm³/mol. The number of hydrogen-bond donors (Lipinski definition) is 1. The molecule has 0 aliphatic rings. The first-order valence-electron chi connectivity index (χ1n) is 8.83. The van der Waals surface area contributed by atoms with Gasteiger partial charge in [0, 0.05) is 21.8 Å². The van der Waals surface area contributed by atoms with E-state index in [2.05, 4.69) is 26.3 Å². The number of anilines is 1. The molecule has 1 heterocycles. The second-order valence-electron chi connectivity index (χ2n) is 6.18. The van der Waals surface area contributed by atoms with Crippen LogP contribution in [-0.4, -0.2) is 22.3 Å². The maximum atomic E-state index is 12.4. The van der Waals surface area contributed by atoms with Crippen LogP contribution in [0.4, 0.5) is 5.69 Å². The average molecular weight is 442 g/mol. The molecule has 2 aromatic carbocycles. The Balaban J connectivity index is 1.77. The molecule has 144 valence electrons. The monoisotopic (exact) mass is 441 g/mol. The van der Waals surface area contributed by atoms with E-state index in [0.717, 1.165) is 26.0 Å². The number of ether oxygens (including phenoxy) is 1. The van der Waals surface area contributed by atoms with Gasteiger partial charge >= 0.3 is 0 Å². The van der Waals surface area contributed by atoms with E-state index in [-0.39, 0.29) is 18.0 Å². The van der Waals surface area contributed by atoms with Gasteiger partial charge < -0.3 is 10.1 Å². The highest BCUT2D eigenvalue weighted by Crippen LogP contribution is 2.21. The fourth-order valence-electron chi connectivity index (χ4n) is 2.70. The van der Waals surface area contributed by atoms with Gasteiger partial charge in [-0.3, -0.25) is 9.59 Å². The topological polar surface area (TPSA) is 73.2 Å². The lowest BCUT2D eigenvalue weighted by Gasteiger charge is -2.10. The molecule has 0 saturated heterocycles. The van der Waals surface area contributed by atoms with Crippen molar-refractivity contribution in [2.75, 3.05) is 11.9 Å². The van der Waals surface area contributed by atoms with Crippen molar-refractivity contribution in [3.63, 3.8) is 0 Å². The first kappa shape index (κ1) is 19.8. The Kier molecular flexibility index (Phi) is 6.26. The molecule has 0 unspecified atom stereocenters. The Labute approximate surface area is 171 Å². The lowest BCUT2D eigenvalue weighted by Crippen LogP contribution is -2.29. The normalized spacial score (nSPS) is 10.5. The van der Waals surface area contributed by atoms with Crippen LogP contribution in [0.2, 0.25) is 0 Å². The van der Waals surface area contributed by atoms with Crippen LogP contribution in [0, 0.1) is 6.92 Å². The van der Waals surface area contributed by atoms with E-state index < -0.39 is 0 Å². The first-order chi connectivity index (χ1) is 13.5. The summed E-state index contributed by atoms with van der Waals surface area (Å²) in [6.45, 7) is 4.25. The van der Waals surface area contributed by atoms with Crippen LogP contribution in [0.25, 0.3) is 11.3 Å². The highest BCUT2D eigenvalue weighted by Gasteiger charge is 2.10. The summed E-state index contributed by atoms with van der Waals surface area (Å²) in [5.41, 5.74) is 2.73. The van der Waals surface area contributed by atoms with Crippen LogP contribution in [0.1, 0.15) is 12.5 Å². The van der Waals surface area contributed by atoms with Gasteiger partial charge in [-0.25, -0.2) is 4.68 Å². The largest absolute Gasteiger partial charge is 0.494 e. The Bertz CT molecular complexity index is 1050. The van der Waals surface area contributed by atoms with E-state index in [1.165, 1.54) is 6.07 Å². The van der Waals surface area contributed by atoms with Gasteiger partial charge in [-0.05, 0) is 67.9 Å². The molecule has 0 fully saturated rings. The zero-order valence-electron chi connectivity index (χ0n) is 15.6. The van der Waals surface area contributed by atoms with E-state index in [0.29, 0.717) is 18.0 Å². The van der Waals surface area contributed by atoms with Gasteiger partial charge in [-0.2, -0.15) is 5.10 Å². The van der Waals surface area contributed by atoms with Crippen LogP contribution >= 0.6 is 15.9 Å². The molecule has 1 aromatic heterocycles. The summed E-state index contributed by atoms with van der Waals surface area (Å²) in [5, 5.41) is 7.15. The molecule has 0 atom stereocenters. The predicted octanol–water partition coefficient (Wildman–Crippen LogP) is 4.02. The van der Waals surface area contributed by atoms with Crippen LogP contribution in [-0.2, 0) is 11.3 Å². The molecule has 3 rings (SSSR count). The number of benzene rings is 2. The Morgan fingerprint density at radius 2 is 1.89 bits per heavy atom. The number of carbonyl (C=O) groups is 1. The molecule has 0 spiro atoms. The molecule has 6 nitrogen and oxygen atoms in total. The molecule has 28 heavy (non-hydrogen) atoms. The molecular formula is C21H20BrN3O3. The lowest BCUT2D eigenvalue weighted by atomic mass is 10.1. The molecule has 1 N–H and O–H groups in total. The third kappa shape index (κ3) is 4.86. The number of hydrogen-bond acceptors (Lipinski definition) is 4. The summed E-state index contributed by atoms with van der Waals surface area (Å²) >= 11 is 3.39. The fraction of sp³-hybridized carbons (Fsp3) is 0.190. The summed E-state index contributed by atoms with van der Waals surface area (Å²) in [7, 11) is 0. The first-order valence-corrected chi connectivity index (χ1v) is 9.63. The Morgan fingerprint density at radius 1 is 1.14 bits per heavy atom. The second kappa shape index (κ2) is 8.84. The maximum absolute atomic E-state index is 12.4. The number of nitrogens with zero attached hydrogens (tertiary/aromatic N) is 2. The molecule has 0 aliphatic carbocycles. The molecule has 1 amide bonds. The van der Waals surface area contributed by atoms with Crippen molar-refractivity contribution in [1.82, 2.24) is 9.78 Å². The zero-order chi connectivity index (χ0) is 20.1. The van der Waals surface area contributed by atoms with Crippen LogP contribution in [0.3, 0.4) is 0 Å². The minimum Gasteiger partial charge on any atom is -0.494 e. The smallest absolute Gasteiger partial charge is 0.267 e. The van der Waals surface area contributed by atoms with E-state index >= 15 is 0 Å². The lowest BCUT2D eigenvalue weighted by molar-refractivity contribution is -0.117. The van der Waals surface area contributed by atoms with Gasteiger partial charge in [0.05, 0.1) is 12.3 Å². The van der Waals surface area contributed by atoms with Gasteiger partial charge in [0.15, 0.2) is 0 Å². The fourth-order valence-corrected chi connectivity index (χ4v) is 3.17. The van der Waals surface area contributed by atoms with Crippen molar-refractivity contribution in [3.05, 3.63) is 75.0 Å². The number of aromatic nitrogens is 2. The minimum absolute atomic E-state index is 0.167. The van der Waals surface area contributed by atoms with Crippen molar-refractivity contribution < 1.29 is 9.53 Å². The summed E-state index contributed by atoms with van der Waals surface area (Å²) in [4.78, 5) is 24.5. The SMILES string of the molecule is CCOc1ccc(-c2ccc(=O)n(CC(=O)Nc3ccc(Br)cc3C)n2)cc1. The third-order valence-corrected chi connectivity index (χ3v) is 4.58. The Morgan fingerprint density at radius 3 is 2.57 bits per heavy atom. The summed E-state index contributed by atoms with van der Waals surface area (Å²) < 4.78 is 7.53. The standard InChI is InChI=1S/C21H20BrN3O3/c1-3-28-17-7-4-15(5-8-17)19-10-11-21(27)25(24-19)13-20(26)23-18-9-6-16(22)12-14(18)2/h4-12H,3,13H2,1-2H3,(H,23,26). The van der Waals surface area contributed by atoms with Gasteiger partial charge in [0.25, 0.3) is 5.56 Å². The van der Waals surface area contributed by atoms with Crippen molar-refractivity contribution >= 4 is 27.5 Å². The number of halogens is 1. The number of rotatable bonds is 6. The Hall–Kier alpha value is -2.93.